The lowest BCUT2D eigenvalue weighted by molar-refractivity contribution is -0.152. The van der Waals surface area contributed by atoms with Gasteiger partial charge in [-0.25, -0.2) is 9.59 Å². The molecule has 1 saturated carbocycles. The van der Waals surface area contributed by atoms with E-state index >= 15 is 0 Å². The molecule has 0 bridgehead atoms. The normalized spacial score (nSPS) is 25.2. The van der Waals surface area contributed by atoms with Crippen LogP contribution in [-0.4, -0.2) is 48.3 Å². The van der Waals surface area contributed by atoms with Crippen molar-refractivity contribution in [2.75, 3.05) is 7.11 Å². The molecule has 29 heavy (non-hydrogen) atoms. The van der Waals surface area contributed by atoms with E-state index in [1.54, 1.807) is 43.5 Å². The number of hydrogen-bond donors (Lipinski definition) is 1. The highest BCUT2D eigenvalue weighted by atomic mass is 16.6. The largest absolute Gasteiger partial charge is 0.497 e. The van der Waals surface area contributed by atoms with Crippen molar-refractivity contribution in [1.29, 1.82) is 0 Å². The smallest absolute Gasteiger partial charge is 0.331 e. The van der Waals surface area contributed by atoms with E-state index in [0.29, 0.717) is 18.6 Å². The molecule has 7 nitrogen and oxygen atoms in total. The van der Waals surface area contributed by atoms with Crippen molar-refractivity contribution in [3.05, 3.63) is 48.1 Å². The van der Waals surface area contributed by atoms with E-state index in [-0.39, 0.29) is 11.7 Å². The van der Waals surface area contributed by atoms with E-state index in [0.717, 1.165) is 5.56 Å². The molecular weight excluding hydrogens is 376 g/mol. The Hall–Kier alpha value is -2.93. The van der Waals surface area contributed by atoms with Gasteiger partial charge in [-0.1, -0.05) is 18.2 Å². The molecular formula is C22H24O7. The third kappa shape index (κ3) is 5.32. The molecule has 7 heteroatoms. The van der Waals surface area contributed by atoms with Gasteiger partial charge in [-0.2, -0.15) is 0 Å². The maximum atomic E-state index is 12.5. The molecule has 1 aliphatic carbocycles. The number of benzene rings is 1. The summed E-state index contributed by atoms with van der Waals surface area (Å²) in [5, 5.41) is 10.4. The van der Waals surface area contributed by atoms with Crippen molar-refractivity contribution in [1.82, 2.24) is 0 Å². The van der Waals surface area contributed by atoms with Gasteiger partial charge >= 0.3 is 11.9 Å². The lowest BCUT2D eigenvalue weighted by atomic mass is 10.0. The van der Waals surface area contributed by atoms with Crippen molar-refractivity contribution >= 4 is 23.8 Å². The van der Waals surface area contributed by atoms with Crippen LogP contribution >= 0.6 is 0 Å². The SMILES string of the molecule is COc1ccc(/C=C/C(=O)O[C@@H](C)C(=O)[C@H]2C[C@@H]2[C@H](O)[C@H]2CC=CC(=O)O2)cc1. The van der Waals surface area contributed by atoms with E-state index < -0.39 is 36.2 Å². The molecule has 0 radical (unpaired) electrons. The predicted molar refractivity (Wildman–Crippen MR) is 104 cm³/mol. The first-order valence-electron chi connectivity index (χ1n) is 9.50. The predicted octanol–water partition coefficient (Wildman–Crippen LogP) is 2.08. The molecule has 1 fully saturated rings. The fourth-order valence-corrected chi connectivity index (χ4v) is 3.39. The van der Waals surface area contributed by atoms with Gasteiger partial charge < -0.3 is 19.3 Å². The average Bonchev–Trinajstić information content (AvgIpc) is 3.52. The first-order valence-corrected chi connectivity index (χ1v) is 9.50. The molecule has 1 aliphatic heterocycles. The minimum atomic E-state index is -0.918. The van der Waals surface area contributed by atoms with Crippen molar-refractivity contribution in [3.8, 4) is 5.75 Å². The van der Waals surface area contributed by atoms with Crippen LogP contribution in [0.5, 0.6) is 5.75 Å². The number of methoxy groups -OCH3 is 1. The second-order valence-corrected chi connectivity index (χ2v) is 7.20. The molecule has 0 amide bonds. The molecule has 0 aromatic heterocycles. The fraction of sp³-hybridized carbons (Fsp3) is 0.409. The van der Waals surface area contributed by atoms with Crippen LogP contribution in [-0.2, 0) is 23.9 Å². The molecule has 1 heterocycles. The second-order valence-electron chi connectivity index (χ2n) is 7.20. The number of rotatable bonds is 8. The van der Waals surface area contributed by atoms with Crippen molar-refractivity contribution < 1.29 is 33.7 Å². The van der Waals surface area contributed by atoms with Gasteiger partial charge in [0.2, 0.25) is 0 Å². The number of ketones is 1. The summed E-state index contributed by atoms with van der Waals surface area (Å²) in [6.07, 6.45) is 4.27. The van der Waals surface area contributed by atoms with Gasteiger partial charge in [0, 0.05) is 24.5 Å². The monoisotopic (exact) mass is 400 g/mol. The average molecular weight is 400 g/mol. The lowest BCUT2D eigenvalue weighted by Crippen LogP contribution is -2.35. The summed E-state index contributed by atoms with van der Waals surface area (Å²) in [7, 11) is 1.57. The number of aliphatic hydroxyl groups excluding tert-OH is 1. The molecule has 1 N–H and O–H groups in total. The first-order chi connectivity index (χ1) is 13.9. The first kappa shape index (κ1) is 20.8. The summed E-state index contributed by atoms with van der Waals surface area (Å²) in [6.45, 7) is 1.52. The van der Waals surface area contributed by atoms with Crippen LogP contribution in [0.25, 0.3) is 6.08 Å². The quantitative estimate of drug-likeness (QED) is 0.527. The minimum Gasteiger partial charge on any atom is -0.497 e. The number of ether oxygens (including phenoxy) is 3. The zero-order valence-electron chi connectivity index (χ0n) is 16.3. The number of hydrogen-bond acceptors (Lipinski definition) is 7. The molecule has 1 aromatic rings. The van der Waals surface area contributed by atoms with Gasteiger partial charge in [0.05, 0.1) is 13.2 Å². The zero-order chi connectivity index (χ0) is 21.0. The Balaban J connectivity index is 1.47. The van der Waals surface area contributed by atoms with Crippen LogP contribution in [0.3, 0.4) is 0 Å². The highest BCUT2D eigenvalue weighted by Crippen LogP contribution is 2.44. The number of Topliss-reactive ketones (excluding diaryl/α,β-unsaturated/α-hetero) is 1. The molecule has 0 unspecified atom stereocenters. The van der Waals surface area contributed by atoms with Gasteiger partial charge in [-0.05, 0) is 43.0 Å². The summed E-state index contributed by atoms with van der Waals surface area (Å²) in [4.78, 5) is 35.8. The van der Waals surface area contributed by atoms with Crippen LogP contribution in [0.4, 0.5) is 0 Å². The molecule has 2 aliphatic rings. The number of aliphatic hydroxyl groups is 1. The van der Waals surface area contributed by atoms with Crippen LogP contribution in [0, 0.1) is 11.8 Å². The Morgan fingerprint density at radius 1 is 1.28 bits per heavy atom. The molecule has 154 valence electrons. The highest BCUT2D eigenvalue weighted by molar-refractivity contribution is 5.93. The second kappa shape index (κ2) is 9.05. The Morgan fingerprint density at radius 3 is 2.66 bits per heavy atom. The van der Waals surface area contributed by atoms with Crippen LogP contribution in [0.2, 0.25) is 0 Å². The van der Waals surface area contributed by atoms with Crippen molar-refractivity contribution in [2.24, 2.45) is 11.8 Å². The number of carbonyl (C=O) groups excluding carboxylic acids is 3. The molecule has 5 atom stereocenters. The number of esters is 2. The number of carbonyl (C=O) groups is 3. The maximum absolute atomic E-state index is 12.5. The van der Waals surface area contributed by atoms with Gasteiger partial charge in [0.1, 0.15) is 11.9 Å². The Kier molecular flexibility index (Phi) is 6.49. The minimum absolute atomic E-state index is 0.238. The van der Waals surface area contributed by atoms with E-state index in [9.17, 15) is 19.5 Å². The van der Waals surface area contributed by atoms with Gasteiger partial charge in [0.25, 0.3) is 0 Å². The van der Waals surface area contributed by atoms with Crippen LogP contribution < -0.4 is 4.74 Å². The van der Waals surface area contributed by atoms with Gasteiger partial charge in [-0.3, -0.25) is 4.79 Å². The third-order valence-corrected chi connectivity index (χ3v) is 5.14. The van der Waals surface area contributed by atoms with E-state index in [1.807, 2.05) is 0 Å². The van der Waals surface area contributed by atoms with Gasteiger partial charge in [0.15, 0.2) is 11.9 Å². The Bertz CT molecular complexity index is 824. The van der Waals surface area contributed by atoms with Crippen LogP contribution in [0.1, 0.15) is 25.3 Å². The fourth-order valence-electron chi connectivity index (χ4n) is 3.39. The maximum Gasteiger partial charge on any atom is 0.331 e. The highest BCUT2D eigenvalue weighted by Gasteiger charge is 2.51. The van der Waals surface area contributed by atoms with E-state index in [4.69, 9.17) is 14.2 Å². The van der Waals surface area contributed by atoms with Gasteiger partial charge in [-0.15, -0.1) is 0 Å². The lowest BCUT2D eigenvalue weighted by Gasteiger charge is -2.24. The molecule has 3 rings (SSSR count). The summed E-state index contributed by atoms with van der Waals surface area (Å²) in [5.74, 6) is -1.33. The summed E-state index contributed by atoms with van der Waals surface area (Å²) >= 11 is 0. The summed E-state index contributed by atoms with van der Waals surface area (Å²) in [6, 6.07) is 7.13. The molecule has 1 aromatic carbocycles. The van der Waals surface area contributed by atoms with Crippen LogP contribution in [0.15, 0.2) is 42.5 Å². The zero-order valence-corrected chi connectivity index (χ0v) is 16.3. The number of cyclic esters (lactones) is 1. The summed E-state index contributed by atoms with van der Waals surface area (Å²) < 4.78 is 15.4. The molecule has 0 spiro atoms. The topological polar surface area (TPSA) is 99.1 Å². The van der Waals surface area contributed by atoms with Crippen molar-refractivity contribution in [3.63, 3.8) is 0 Å². The van der Waals surface area contributed by atoms with E-state index in [2.05, 4.69) is 0 Å². The third-order valence-electron chi connectivity index (χ3n) is 5.14. The van der Waals surface area contributed by atoms with E-state index in [1.165, 1.54) is 19.1 Å². The Labute approximate surface area is 168 Å². The molecule has 0 saturated heterocycles. The Morgan fingerprint density at radius 2 is 2.00 bits per heavy atom. The van der Waals surface area contributed by atoms with Crippen molar-refractivity contribution in [2.45, 2.75) is 38.1 Å². The standard InChI is InChI=1S/C22H24O7/c1-13(28-20(24)11-8-14-6-9-15(27-2)10-7-14)21(25)16-12-17(16)22(26)18-4-3-5-19(23)29-18/h3,5-11,13,16-18,22,26H,4,12H2,1-2H3/b11-8+/t13-,16-,17-,18+,22-/m0/s1. The summed E-state index contributed by atoms with van der Waals surface area (Å²) in [5.41, 5.74) is 0.795.